The van der Waals surface area contributed by atoms with Crippen molar-refractivity contribution >= 4 is 11.7 Å². The van der Waals surface area contributed by atoms with Crippen molar-refractivity contribution in [1.82, 2.24) is 15.3 Å². The van der Waals surface area contributed by atoms with E-state index in [1.54, 1.807) is 6.20 Å². The fourth-order valence-electron chi connectivity index (χ4n) is 1.62. The summed E-state index contributed by atoms with van der Waals surface area (Å²) >= 11 is 0. The number of rotatable bonds is 4. The van der Waals surface area contributed by atoms with E-state index < -0.39 is 0 Å². The lowest BCUT2D eigenvalue weighted by Crippen LogP contribution is -2.23. The summed E-state index contributed by atoms with van der Waals surface area (Å²) in [6.45, 7) is 0.388. The van der Waals surface area contributed by atoms with E-state index in [0.717, 1.165) is 11.4 Å². The van der Waals surface area contributed by atoms with E-state index >= 15 is 0 Å². The van der Waals surface area contributed by atoms with Gasteiger partial charge in [-0.25, -0.2) is 4.98 Å². The summed E-state index contributed by atoms with van der Waals surface area (Å²) in [5.41, 5.74) is 1.10. The topological polar surface area (TPSA) is 78.1 Å². The Morgan fingerprint density at radius 2 is 2.10 bits per heavy atom. The largest absolute Gasteiger partial charge is 0.363 e. The van der Waals surface area contributed by atoms with Gasteiger partial charge in [0.1, 0.15) is 5.82 Å². The molecule has 20 heavy (non-hydrogen) atoms. The summed E-state index contributed by atoms with van der Waals surface area (Å²) in [5.74, 6) is 0.624. The van der Waals surface area contributed by atoms with E-state index in [-0.39, 0.29) is 11.5 Å². The second-order valence-corrected chi connectivity index (χ2v) is 4.54. The maximum absolute atomic E-state index is 11.8. The zero-order valence-electron chi connectivity index (χ0n) is 11.4. The Kier molecular flexibility index (Phi) is 4.14. The minimum absolute atomic E-state index is 0.231. The number of aromatic nitrogens is 2. The van der Waals surface area contributed by atoms with Gasteiger partial charge in [0.15, 0.2) is 0 Å². The van der Waals surface area contributed by atoms with Crippen LogP contribution in [0.25, 0.3) is 0 Å². The highest BCUT2D eigenvalue weighted by Crippen LogP contribution is 2.07. The zero-order valence-corrected chi connectivity index (χ0v) is 11.4. The van der Waals surface area contributed by atoms with Crippen LogP contribution in [0.2, 0.25) is 0 Å². The standard InChI is InChI=1S/C14H16N4O2/c1-18(2)12-5-3-10(7-15-12)8-17-14(20)11-4-6-13(19)16-9-11/h3-7,9H,8H2,1-2H3,(H,16,19)(H,17,20). The highest BCUT2D eigenvalue weighted by atomic mass is 16.1. The molecule has 6 nitrogen and oxygen atoms in total. The summed E-state index contributed by atoms with van der Waals surface area (Å²) in [5, 5.41) is 2.77. The molecule has 0 atom stereocenters. The molecule has 104 valence electrons. The van der Waals surface area contributed by atoms with Crippen molar-refractivity contribution in [2.75, 3.05) is 19.0 Å². The van der Waals surface area contributed by atoms with Crippen LogP contribution in [-0.4, -0.2) is 30.0 Å². The lowest BCUT2D eigenvalue weighted by molar-refractivity contribution is 0.0950. The number of aromatic amines is 1. The molecule has 2 N–H and O–H groups in total. The fraction of sp³-hybridized carbons (Fsp3) is 0.214. The number of pyridine rings is 2. The van der Waals surface area contributed by atoms with E-state index in [1.807, 2.05) is 31.1 Å². The molecule has 0 radical (unpaired) electrons. The first kappa shape index (κ1) is 13.8. The van der Waals surface area contributed by atoms with E-state index in [2.05, 4.69) is 15.3 Å². The van der Waals surface area contributed by atoms with Crippen molar-refractivity contribution < 1.29 is 4.79 Å². The van der Waals surface area contributed by atoms with Gasteiger partial charge >= 0.3 is 0 Å². The summed E-state index contributed by atoms with van der Waals surface area (Å²) < 4.78 is 0. The molecule has 0 bridgehead atoms. The smallest absolute Gasteiger partial charge is 0.253 e. The van der Waals surface area contributed by atoms with Crippen LogP contribution in [0.3, 0.4) is 0 Å². The van der Waals surface area contributed by atoms with Gasteiger partial charge < -0.3 is 15.2 Å². The number of carbonyl (C=O) groups excluding carboxylic acids is 1. The number of carbonyl (C=O) groups is 1. The minimum atomic E-state index is -0.238. The van der Waals surface area contributed by atoms with Gasteiger partial charge in [-0.2, -0.15) is 0 Å². The number of nitrogens with one attached hydrogen (secondary N) is 2. The van der Waals surface area contributed by atoms with Gasteiger partial charge in [-0.05, 0) is 17.7 Å². The molecule has 0 aliphatic rings. The summed E-state index contributed by atoms with van der Waals surface area (Å²) in [4.78, 5) is 31.4. The van der Waals surface area contributed by atoms with Gasteiger partial charge in [-0.1, -0.05) is 6.07 Å². The first-order valence-corrected chi connectivity index (χ1v) is 6.15. The first-order valence-electron chi connectivity index (χ1n) is 6.15. The minimum Gasteiger partial charge on any atom is -0.363 e. The van der Waals surface area contributed by atoms with Crippen LogP contribution in [-0.2, 0) is 6.54 Å². The lowest BCUT2D eigenvalue weighted by atomic mass is 10.2. The maximum Gasteiger partial charge on any atom is 0.253 e. The molecule has 0 saturated heterocycles. The second-order valence-electron chi connectivity index (χ2n) is 4.54. The quantitative estimate of drug-likeness (QED) is 0.861. The van der Waals surface area contributed by atoms with Crippen molar-refractivity contribution in [2.45, 2.75) is 6.54 Å². The van der Waals surface area contributed by atoms with Crippen LogP contribution in [0.4, 0.5) is 5.82 Å². The molecule has 0 spiro atoms. The average molecular weight is 272 g/mol. The Hall–Kier alpha value is -2.63. The number of hydrogen-bond donors (Lipinski definition) is 2. The molecule has 0 unspecified atom stereocenters. The lowest BCUT2D eigenvalue weighted by Gasteiger charge is -2.11. The van der Waals surface area contributed by atoms with Crippen LogP contribution in [0.1, 0.15) is 15.9 Å². The van der Waals surface area contributed by atoms with Gasteiger partial charge in [0.2, 0.25) is 5.56 Å². The Morgan fingerprint density at radius 3 is 2.65 bits per heavy atom. The number of H-pyrrole nitrogens is 1. The normalized spacial score (nSPS) is 10.1. The van der Waals surface area contributed by atoms with Gasteiger partial charge in [0, 0.05) is 39.1 Å². The van der Waals surface area contributed by atoms with Crippen molar-refractivity contribution in [3.63, 3.8) is 0 Å². The number of amides is 1. The van der Waals surface area contributed by atoms with E-state index in [9.17, 15) is 9.59 Å². The molecule has 2 rings (SSSR count). The molecular weight excluding hydrogens is 256 g/mol. The highest BCUT2D eigenvalue weighted by Gasteiger charge is 2.05. The van der Waals surface area contributed by atoms with E-state index in [0.29, 0.717) is 12.1 Å². The average Bonchev–Trinajstić information content (AvgIpc) is 2.46. The van der Waals surface area contributed by atoms with Crippen molar-refractivity contribution in [2.24, 2.45) is 0 Å². The third-order valence-corrected chi connectivity index (χ3v) is 2.77. The van der Waals surface area contributed by atoms with Crippen LogP contribution in [0.5, 0.6) is 0 Å². The molecule has 6 heteroatoms. The van der Waals surface area contributed by atoms with Crippen LogP contribution >= 0.6 is 0 Å². The second kappa shape index (κ2) is 6.01. The van der Waals surface area contributed by atoms with Gasteiger partial charge in [-0.3, -0.25) is 9.59 Å². The summed E-state index contributed by atoms with van der Waals surface area (Å²) in [7, 11) is 3.83. The Balaban J connectivity index is 1.96. The van der Waals surface area contributed by atoms with Crippen molar-refractivity contribution in [3.8, 4) is 0 Å². The summed E-state index contributed by atoms with van der Waals surface area (Å²) in [6, 6.07) is 6.61. The third-order valence-electron chi connectivity index (χ3n) is 2.77. The van der Waals surface area contributed by atoms with Crippen molar-refractivity contribution in [3.05, 3.63) is 58.1 Å². The molecule has 2 heterocycles. The van der Waals surface area contributed by atoms with Crippen LogP contribution in [0.15, 0.2) is 41.5 Å². The Morgan fingerprint density at radius 1 is 1.30 bits per heavy atom. The Bertz CT molecular complexity index is 626. The molecular formula is C14H16N4O2. The number of nitrogens with zero attached hydrogens (tertiary/aromatic N) is 2. The predicted octanol–water partition coefficient (Wildman–Crippen LogP) is 0.766. The molecule has 1 amide bonds. The van der Waals surface area contributed by atoms with Gasteiger partial charge in [0.25, 0.3) is 5.91 Å². The third kappa shape index (κ3) is 3.44. The summed E-state index contributed by atoms with van der Waals surface area (Å²) in [6.07, 6.45) is 3.12. The molecule has 2 aromatic rings. The molecule has 0 aliphatic heterocycles. The molecule has 0 aromatic carbocycles. The van der Waals surface area contributed by atoms with Gasteiger partial charge in [0.05, 0.1) is 5.56 Å². The van der Waals surface area contributed by atoms with E-state index in [1.165, 1.54) is 18.3 Å². The van der Waals surface area contributed by atoms with Gasteiger partial charge in [-0.15, -0.1) is 0 Å². The molecule has 2 aromatic heterocycles. The zero-order chi connectivity index (χ0) is 14.5. The van der Waals surface area contributed by atoms with Crippen LogP contribution in [0, 0.1) is 0 Å². The SMILES string of the molecule is CN(C)c1ccc(CNC(=O)c2ccc(=O)[nH]c2)cn1. The molecule has 0 saturated carbocycles. The molecule has 0 aliphatic carbocycles. The number of hydrogen-bond acceptors (Lipinski definition) is 4. The number of anilines is 1. The molecule has 0 fully saturated rings. The maximum atomic E-state index is 11.8. The first-order chi connectivity index (χ1) is 9.56. The van der Waals surface area contributed by atoms with Crippen LogP contribution < -0.4 is 15.8 Å². The van der Waals surface area contributed by atoms with Crippen molar-refractivity contribution in [1.29, 1.82) is 0 Å². The highest BCUT2D eigenvalue weighted by molar-refractivity contribution is 5.93. The fourth-order valence-corrected chi connectivity index (χ4v) is 1.62. The predicted molar refractivity (Wildman–Crippen MR) is 76.8 cm³/mol. The monoisotopic (exact) mass is 272 g/mol. The van der Waals surface area contributed by atoms with E-state index in [4.69, 9.17) is 0 Å². The Labute approximate surface area is 116 Å².